The Bertz CT molecular complexity index is 759. The van der Waals surface area contributed by atoms with Crippen molar-refractivity contribution in [2.75, 3.05) is 17.7 Å². The maximum Gasteiger partial charge on any atom is 0.323 e. The zero-order chi connectivity index (χ0) is 17.0. The van der Waals surface area contributed by atoms with E-state index in [1.54, 1.807) is 6.07 Å². The van der Waals surface area contributed by atoms with Gasteiger partial charge in [0.15, 0.2) is 0 Å². The third-order valence-electron chi connectivity index (χ3n) is 3.41. The summed E-state index contributed by atoms with van der Waals surface area (Å²) in [5, 5.41) is 16.1. The van der Waals surface area contributed by atoms with Crippen LogP contribution < -0.4 is 15.4 Å². The monoisotopic (exact) mass is 315 g/mol. The number of hydrogen-bond acceptors (Lipinski definition) is 4. The van der Waals surface area contributed by atoms with Gasteiger partial charge in [0, 0.05) is 11.8 Å². The number of amides is 2. The van der Waals surface area contributed by atoms with Gasteiger partial charge in [-0.3, -0.25) is 10.1 Å². The van der Waals surface area contributed by atoms with E-state index in [0.29, 0.717) is 11.4 Å². The predicted octanol–water partition coefficient (Wildman–Crippen LogP) is 3.86. The molecule has 7 nitrogen and oxygen atoms in total. The molecule has 0 radical (unpaired) electrons. The number of anilines is 2. The van der Waals surface area contributed by atoms with Crippen LogP contribution in [0.3, 0.4) is 0 Å². The van der Waals surface area contributed by atoms with Gasteiger partial charge in [0.2, 0.25) is 0 Å². The number of nitrogens with zero attached hydrogens (tertiary/aromatic N) is 1. The Hall–Kier alpha value is -3.09. The van der Waals surface area contributed by atoms with Gasteiger partial charge in [0.1, 0.15) is 5.75 Å². The van der Waals surface area contributed by atoms with Gasteiger partial charge in [-0.25, -0.2) is 4.79 Å². The summed E-state index contributed by atoms with van der Waals surface area (Å²) in [4.78, 5) is 22.3. The van der Waals surface area contributed by atoms with Crippen molar-refractivity contribution in [3.63, 3.8) is 0 Å². The summed E-state index contributed by atoms with van der Waals surface area (Å²) >= 11 is 0. The van der Waals surface area contributed by atoms with E-state index < -0.39 is 11.0 Å². The van der Waals surface area contributed by atoms with Gasteiger partial charge < -0.3 is 15.4 Å². The molecule has 2 rings (SSSR count). The summed E-state index contributed by atoms with van der Waals surface area (Å²) in [5.74, 6) is 0.217. The summed E-state index contributed by atoms with van der Waals surface area (Å²) in [5.41, 5.74) is 3.09. The van der Waals surface area contributed by atoms with Crippen molar-refractivity contribution < 1.29 is 14.5 Å². The molecule has 7 heteroatoms. The Labute approximate surface area is 133 Å². The maximum absolute atomic E-state index is 12.1. The van der Waals surface area contributed by atoms with Gasteiger partial charge in [-0.15, -0.1) is 0 Å². The van der Waals surface area contributed by atoms with Gasteiger partial charge in [-0.2, -0.15) is 0 Å². The number of nitro groups is 1. The lowest BCUT2D eigenvalue weighted by Gasteiger charge is -2.12. The number of methoxy groups -OCH3 is 1. The second-order valence-electron chi connectivity index (χ2n) is 5.02. The highest BCUT2D eigenvalue weighted by molar-refractivity contribution is 6.00. The molecule has 0 saturated carbocycles. The Morgan fingerprint density at radius 3 is 2.43 bits per heavy atom. The zero-order valence-corrected chi connectivity index (χ0v) is 13.0. The number of hydrogen-bond donors (Lipinski definition) is 2. The van der Waals surface area contributed by atoms with Gasteiger partial charge in [-0.1, -0.05) is 6.07 Å². The summed E-state index contributed by atoms with van der Waals surface area (Å²) in [6, 6.07) is 9.10. The molecule has 2 aromatic carbocycles. The zero-order valence-electron chi connectivity index (χ0n) is 13.0. The van der Waals surface area contributed by atoms with E-state index in [4.69, 9.17) is 4.74 Å². The first-order chi connectivity index (χ1) is 10.9. The van der Waals surface area contributed by atoms with Crippen LogP contribution in [0, 0.1) is 24.0 Å². The van der Waals surface area contributed by atoms with Crippen molar-refractivity contribution in [2.24, 2.45) is 0 Å². The van der Waals surface area contributed by atoms with Crippen LogP contribution in [0.1, 0.15) is 11.1 Å². The molecular formula is C16H17N3O4. The van der Waals surface area contributed by atoms with Crippen molar-refractivity contribution in [2.45, 2.75) is 13.8 Å². The van der Waals surface area contributed by atoms with E-state index in [-0.39, 0.29) is 11.4 Å². The van der Waals surface area contributed by atoms with Crippen LogP contribution in [-0.4, -0.2) is 18.1 Å². The van der Waals surface area contributed by atoms with Crippen LogP contribution >= 0.6 is 0 Å². The molecule has 0 heterocycles. The number of carbonyl (C=O) groups is 1. The van der Waals surface area contributed by atoms with Crippen LogP contribution in [-0.2, 0) is 0 Å². The van der Waals surface area contributed by atoms with E-state index in [2.05, 4.69) is 10.6 Å². The number of carbonyl (C=O) groups excluding carboxylic acids is 1. The molecule has 0 spiro atoms. The molecular weight excluding hydrogens is 298 g/mol. The first-order valence-electron chi connectivity index (χ1n) is 6.88. The molecule has 0 aromatic heterocycles. The van der Waals surface area contributed by atoms with Crippen molar-refractivity contribution in [3.05, 3.63) is 57.6 Å². The Balaban J connectivity index is 2.13. The Morgan fingerprint density at radius 2 is 1.83 bits per heavy atom. The summed E-state index contributed by atoms with van der Waals surface area (Å²) in [6.45, 7) is 3.94. The van der Waals surface area contributed by atoms with Crippen LogP contribution in [0.4, 0.5) is 21.9 Å². The molecule has 0 aliphatic heterocycles. The van der Waals surface area contributed by atoms with E-state index in [0.717, 1.165) is 11.1 Å². The number of aryl methyl sites for hydroxylation is 2. The third-order valence-corrected chi connectivity index (χ3v) is 3.41. The first kappa shape index (κ1) is 16.3. The van der Waals surface area contributed by atoms with E-state index in [9.17, 15) is 14.9 Å². The van der Waals surface area contributed by atoms with E-state index >= 15 is 0 Å². The SMILES string of the molecule is COc1cc([N+](=O)[O-])ccc1NC(=O)Nc1ccc(C)c(C)c1. The molecule has 0 atom stereocenters. The highest BCUT2D eigenvalue weighted by atomic mass is 16.6. The lowest BCUT2D eigenvalue weighted by atomic mass is 10.1. The maximum atomic E-state index is 12.1. The van der Waals surface area contributed by atoms with E-state index in [1.165, 1.54) is 25.3 Å². The molecule has 0 unspecified atom stereocenters. The molecule has 2 aromatic rings. The fraction of sp³-hybridized carbons (Fsp3) is 0.188. The van der Waals surface area contributed by atoms with Crippen LogP contribution in [0.2, 0.25) is 0 Å². The Morgan fingerprint density at radius 1 is 1.09 bits per heavy atom. The third kappa shape index (κ3) is 3.97. The second-order valence-corrected chi connectivity index (χ2v) is 5.02. The average molecular weight is 315 g/mol. The topological polar surface area (TPSA) is 93.5 Å². The van der Waals surface area contributed by atoms with Crippen molar-refractivity contribution >= 4 is 23.1 Å². The number of nitro benzene ring substituents is 1. The minimum atomic E-state index is -0.526. The van der Waals surface area contributed by atoms with Crippen molar-refractivity contribution in [1.29, 1.82) is 0 Å². The first-order valence-corrected chi connectivity index (χ1v) is 6.88. The number of ether oxygens (including phenoxy) is 1. The molecule has 2 N–H and O–H groups in total. The lowest BCUT2D eigenvalue weighted by Crippen LogP contribution is -2.20. The van der Waals surface area contributed by atoms with Crippen molar-refractivity contribution in [3.8, 4) is 5.75 Å². The molecule has 23 heavy (non-hydrogen) atoms. The largest absolute Gasteiger partial charge is 0.494 e. The van der Waals surface area contributed by atoms with Crippen LogP contribution in [0.25, 0.3) is 0 Å². The fourth-order valence-electron chi connectivity index (χ4n) is 2.00. The van der Waals surface area contributed by atoms with Crippen molar-refractivity contribution in [1.82, 2.24) is 0 Å². The summed E-state index contributed by atoms with van der Waals surface area (Å²) < 4.78 is 5.08. The number of benzene rings is 2. The lowest BCUT2D eigenvalue weighted by molar-refractivity contribution is -0.384. The fourth-order valence-corrected chi connectivity index (χ4v) is 2.00. The minimum Gasteiger partial charge on any atom is -0.494 e. The molecule has 0 aliphatic carbocycles. The smallest absolute Gasteiger partial charge is 0.323 e. The van der Waals surface area contributed by atoms with E-state index in [1.807, 2.05) is 26.0 Å². The van der Waals surface area contributed by atoms with Gasteiger partial charge >= 0.3 is 6.03 Å². The highest BCUT2D eigenvalue weighted by Gasteiger charge is 2.13. The molecule has 0 bridgehead atoms. The number of urea groups is 1. The quantitative estimate of drug-likeness (QED) is 0.661. The summed E-state index contributed by atoms with van der Waals surface area (Å²) in [6.07, 6.45) is 0. The molecule has 2 amide bonds. The van der Waals surface area contributed by atoms with Crippen LogP contribution in [0.15, 0.2) is 36.4 Å². The summed E-state index contributed by atoms with van der Waals surface area (Å²) in [7, 11) is 1.38. The average Bonchev–Trinajstić information content (AvgIpc) is 2.51. The minimum absolute atomic E-state index is 0.109. The standard InChI is InChI=1S/C16H17N3O4/c1-10-4-5-12(8-11(10)2)17-16(20)18-14-7-6-13(19(21)22)9-15(14)23-3/h4-9H,1-3H3,(H2,17,18,20). The molecule has 0 fully saturated rings. The molecule has 0 saturated heterocycles. The number of non-ortho nitro benzene ring substituents is 1. The molecule has 0 aliphatic rings. The number of nitrogens with one attached hydrogen (secondary N) is 2. The predicted molar refractivity (Wildman–Crippen MR) is 88.2 cm³/mol. The van der Waals surface area contributed by atoms with Gasteiger partial charge in [0.05, 0.1) is 23.8 Å². The molecule has 120 valence electrons. The van der Waals surface area contributed by atoms with Gasteiger partial charge in [-0.05, 0) is 43.2 Å². The number of rotatable bonds is 4. The Kier molecular flexibility index (Phi) is 4.80. The normalized spacial score (nSPS) is 10.0. The second kappa shape index (κ2) is 6.78. The highest BCUT2D eigenvalue weighted by Crippen LogP contribution is 2.29. The van der Waals surface area contributed by atoms with Crippen LogP contribution in [0.5, 0.6) is 5.75 Å². The van der Waals surface area contributed by atoms with Gasteiger partial charge in [0.25, 0.3) is 5.69 Å².